The maximum Gasteiger partial charge on any atom is 0.421 e. The molecule has 10 heteroatoms. The molecule has 0 atom stereocenters. The number of aromatic nitrogens is 2. The van der Waals surface area contributed by atoms with Crippen LogP contribution in [0, 0.1) is 23.7 Å². The summed E-state index contributed by atoms with van der Waals surface area (Å²) in [5.41, 5.74) is 0.341. The first-order valence-electron chi connectivity index (χ1n) is 14.2. The zero-order chi connectivity index (χ0) is 27.3. The van der Waals surface area contributed by atoms with E-state index < -0.39 is 11.7 Å². The number of amides is 1. The number of halogens is 3. The van der Waals surface area contributed by atoms with Crippen LogP contribution in [0.4, 0.5) is 30.6 Å². The standard InChI is InChI=1S/C29H37F3N6O/c1-37-9-7-23(8-10-37)38(2)27(39)19-3-5-22(6-4-19)34-28-33-16-24(29(30,31)32)26(36-28)35-25-20-12-17-11-18(14-20)15-21(25)13-17/h3-6,16-18,20-21,23,25H,7-15H2,1-2H3,(H2,33,34,35,36)/t17-,18+,20-,21+,25?. The van der Waals surface area contributed by atoms with E-state index in [0.717, 1.165) is 69.6 Å². The number of benzene rings is 1. The number of carbonyl (C=O) groups excluding carboxylic acids is 1. The molecule has 4 bridgehead atoms. The van der Waals surface area contributed by atoms with Crippen molar-refractivity contribution in [1.82, 2.24) is 19.8 Å². The number of piperidine rings is 1. The third-order valence-corrected chi connectivity index (χ3v) is 9.57. The molecular weight excluding hydrogens is 505 g/mol. The van der Waals surface area contributed by atoms with Crippen molar-refractivity contribution in [3.63, 3.8) is 0 Å². The first-order chi connectivity index (χ1) is 18.6. The second-order valence-electron chi connectivity index (χ2n) is 12.2. The van der Waals surface area contributed by atoms with Gasteiger partial charge >= 0.3 is 6.18 Å². The summed E-state index contributed by atoms with van der Waals surface area (Å²) >= 11 is 0. The van der Waals surface area contributed by atoms with Crippen molar-refractivity contribution in [1.29, 1.82) is 0 Å². The van der Waals surface area contributed by atoms with Crippen molar-refractivity contribution in [2.24, 2.45) is 23.7 Å². The molecule has 1 aliphatic heterocycles. The van der Waals surface area contributed by atoms with E-state index in [1.807, 2.05) is 11.9 Å². The van der Waals surface area contributed by atoms with Gasteiger partial charge in [-0.15, -0.1) is 0 Å². The highest BCUT2D eigenvalue weighted by molar-refractivity contribution is 5.94. The van der Waals surface area contributed by atoms with Crippen LogP contribution in [0.3, 0.4) is 0 Å². The highest BCUT2D eigenvalue weighted by atomic mass is 19.4. The van der Waals surface area contributed by atoms with Gasteiger partial charge in [-0.05, 0) is 113 Å². The molecule has 4 saturated carbocycles. The number of rotatable bonds is 6. The molecule has 1 aromatic carbocycles. The summed E-state index contributed by atoms with van der Waals surface area (Å²) in [5, 5.41) is 6.26. The molecule has 4 aliphatic carbocycles. The van der Waals surface area contributed by atoms with Gasteiger partial charge in [-0.1, -0.05) is 0 Å². The van der Waals surface area contributed by atoms with Gasteiger partial charge in [0.2, 0.25) is 5.95 Å². The van der Waals surface area contributed by atoms with Gasteiger partial charge in [0.05, 0.1) is 0 Å². The minimum Gasteiger partial charge on any atom is -0.366 e. The van der Waals surface area contributed by atoms with Crippen LogP contribution in [0.25, 0.3) is 0 Å². The molecule has 39 heavy (non-hydrogen) atoms. The van der Waals surface area contributed by atoms with Crippen LogP contribution in [-0.4, -0.2) is 64.9 Å². The predicted molar refractivity (Wildman–Crippen MR) is 144 cm³/mol. The Morgan fingerprint density at radius 3 is 2.21 bits per heavy atom. The summed E-state index contributed by atoms with van der Waals surface area (Å²) in [6.45, 7) is 1.94. The summed E-state index contributed by atoms with van der Waals surface area (Å²) < 4.78 is 41.6. The largest absolute Gasteiger partial charge is 0.421 e. The van der Waals surface area contributed by atoms with Crippen molar-refractivity contribution >= 4 is 23.4 Å². The van der Waals surface area contributed by atoms with Crippen molar-refractivity contribution in [3.05, 3.63) is 41.6 Å². The van der Waals surface area contributed by atoms with E-state index in [2.05, 4.69) is 32.5 Å². The predicted octanol–water partition coefficient (Wildman–Crippen LogP) is 5.64. The topological polar surface area (TPSA) is 73.4 Å². The lowest BCUT2D eigenvalue weighted by molar-refractivity contribution is -0.137. The Balaban J connectivity index is 1.16. The summed E-state index contributed by atoms with van der Waals surface area (Å²) in [5.74, 6) is 2.19. The molecule has 1 amide bonds. The van der Waals surface area contributed by atoms with Crippen LogP contribution >= 0.6 is 0 Å². The van der Waals surface area contributed by atoms with Crippen molar-refractivity contribution < 1.29 is 18.0 Å². The van der Waals surface area contributed by atoms with E-state index in [9.17, 15) is 18.0 Å². The van der Waals surface area contributed by atoms with Gasteiger partial charge in [0, 0.05) is 36.6 Å². The number of likely N-dealkylation sites (tertiary alicyclic amines) is 1. The van der Waals surface area contributed by atoms with Gasteiger partial charge < -0.3 is 20.4 Å². The average Bonchev–Trinajstić information content (AvgIpc) is 2.90. The fourth-order valence-corrected chi connectivity index (χ4v) is 7.66. The number of nitrogens with zero attached hydrogens (tertiary/aromatic N) is 4. The fraction of sp³-hybridized carbons (Fsp3) is 0.621. The van der Waals surface area contributed by atoms with Crippen LogP contribution in [0.15, 0.2) is 30.5 Å². The molecule has 210 valence electrons. The van der Waals surface area contributed by atoms with E-state index in [1.54, 1.807) is 24.3 Å². The molecule has 1 aromatic heterocycles. The van der Waals surface area contributed by atoms with E-state index in [-0.39, 0.29) is 29.8 Å². The number of hydrogen-bond acceptors (Lipinski definition) is 6. The minimum atomic E-state index is -4.55. The molecule has 5 fully saturated rings. The third kappa shape index (κ3) is 5.44. The first kappa shape index (κ1) is 26.3. The molecule has 2 aromatic rings. The molecule has 5 aliphatic rings. The van der Waals surface area contributed by atoms with E-state index in [4.69, 9.17) is 0 Å². The second-order valence-corrected chi connectivity index (χ2v) is 12.2. The summed E-state index contributed by atoms with van der Waals surface area (Å²) in [7, 11) is 3.94. The molecule has 2 heterocycles. The molecular formula is C29H37F3N6O. The van der Waals surface area contributed by atoms with Crippen LogP contribution in [0.1, 0.15) is 60.9 Å². The monoisotopic (exact) mass is 542 g/mol. The Bertz CT molecular complexity index is 1170. The van der Waals surface area contributed by atoms with Crippen LogP contribution in [0.5, 0.6) is 0 Å². The smallest absolute Gasteiger partial charge is 0.366 e. The Morgan fingerprint density at radius 2 is 1.62 bits per heavy atom. The Kier molecular flexibility index (Phi) is 6.93. The number of nitrogens with one attached hydrogen (secondary N) is 2. The maximum atomic E-state index is 13.9. The molecule has 7 rings (SSSR count). The van der Waals surface area contributed by atoms with E-state index in [0.29, 0.717) is 23.1 Å². The van der Waals surface area contributed by atoms with Crippen molar-refractivity contribution in [2.45, 2.75) is 63.2 Å². The number of carbonyl (C=O) groups is 1. The summed E-state index contributed by atoms with van der Waals surface area (Å²) in [6.07, 6.45) is 3.89. The lowest BCUT2D eigenvalue weighted by Crippen LogP contribution is -2.51. The van der Waals surface area contributed by atoms with Crippen LogP contribution < -0.4 is 10.6 Å². The van der Waals surface area contributed by atoms with E-state index >= 15 is 0 Å². The fourth-order valence-electron chi connectivity index (χ4n) is 7.66. The van der Waals surface area contributed by atoms with Crippen molar-refractivity contribution in [3.8, 4) is 0 Å². The Morgan fingerprint density at radius 1 is 1.00 bits per heavy atom. The van der Waals surface area contributed by atoms with Crippen LogP contribution in [-0.2, 0) is 6.18 Å². The quantitative estimate of drug-likeness (QED) is 0.492. The number of anilines is 3. The first-order valence-corrected chi connectivity index (χ1v) is 14.2. The van der Waals surface area contributed by atoms with Gasteiger partial charge in [-0.3, -0.25) is 4.79 Å². The lowest BCUT2D eigenvalue weighted by Gasteiger charge is -2.54. The zero-order valence-corrected chi connectivity index (χ0v) is 22.5. The van der Waals surface area contributed by atoms with Gasteiger partial charge in [0.25, 0.3) is 5.91 Å². The van der Waals surface area contributed by atoms with Gasteiger partial charge in [-0.2, -0.15) is 18.2 Å². The molecule has 0 radical (unpaired) electrons. The molecule has 7 nitrogen and oxygen atoms in total. The summed E-state index contributed by atoms with van der Waals surface area (Å²) in [4.78, 5) is 25.4. The second kappa shape index (κ2) is 10.3. The average molecular weight is 543 g/mol. The van der Waals surface area contributed by atoms with Gasteiger partial charge in [-0.25, -0.2) is 4.98 Å². The SMILES string of the molecule is CN1CCC(N(C)C(=O)c2ccc(Nc3ncc(C(F)(F)F)c(NC4[C@H]5C[C@@H]6C[C@@H](C[C@H]4C6)C5)n3)cc2)CC1. The Hall–Kier alpha value is -2.88. The van der Waals surface area contributed by atoms with Crippen molar-refractivity contribution in [2.75, 3.05) is 37.8 Å². The molecule has 0 unspecified atom stereocenters. The number of alkyl halides is 3. The highest BCUT2D eigenvalue weighted by Crippen LogP contribution is 2.54. The third-order valence-electron chi connectivity index (χ3n) is 9.57. The molecule has 0 spiro atoms. The minimum absolute atomic E-state index is 0.0218. The normalized spacial score (nSPS) is 28.9. The highest BCUT2D eigenvalue weighted by Gasteiger charge is 2.49. The summed E-state index contributed by atoms with van der Waals surface area (Å²) in [6, 6.07) is 7.17. The molecule has 1 saturated heterocycles. The maximum absolute atomic E-state index is 13.9. The van der Waals surface area contributed by atoms with Gasteiger partial charge in [0.1, 0.15) is 11.4 Å². The Labute approximate surface area is 227 Å². The van der Waals surface area contributed by atoms with Crippen LogP contribution in [0.2, 0.25) is 0 Å². The van der Waals surface area contributed by atoms with Gasteiger partial charge in [0.15, 0.2) is 0 Å². The number of hydrogen-bond donors (Lipinski definition) is 2. The molecule has 2 N–H and O–H groups in total. The lowest BCUT2D eigenvalue weighted by atomic mass is 9.54. The zero-order valence-electron chi connectivity index (χ0n) is 22.5. The van der Waals surface area contributed by atoms with E-state index in [1.165, 1.54) is 6.42 Å².